The van der Waals surface area contributed by atoms with E-state index in [-0.39, 0.29) is 5.17 Å². The molecule has 0 aliphatic heterocycles. The predicted octanol–water partition coefficient (Wildman–Crippen LogP) is 3.32. The third kappa shape index (κ3) is 12.2. The maximum absolute atomic E-state index is 7.02. The summed E-state index contributed by atoms with van der Waals surface area (Å²) in [5, 5.41) is 7.27. The van der Waals surface area contributed by atoms with E-state index in [0.717, 1.165) is 5.75 Å². The molecule has 0 unspecified atom stereocenters. The second-order valence-corrected chi connectivity index (χ2v) is 5.60. The predicted molar refractivity (Wildman–Crippen MR) is 70.5 cm³/mol. The van der Waals surface area contributed by atoms with Crippen molar-refractivity contribution in [1.82, 2.24) is 0 Å². The van der Waals surface area contributed by atoms with Gasteiger partial charge in [0.1, 0.15) is 0 Å². The summed E-state index contributed by atoms with van der Waals surface area (Å²) >= 11 is 3.48. The zero-order chi connectivity index (χ0) is 10.6. The third-order valence-corrected chi connectivity index (χ3v) is 3.79. The number of nitrogens with two attached hydrogens (primary N) is 1. The van der Waals surface area contributed by atoms with Crippen molar-refractivity contribution in [2.45, 2.75) is 39.0 Å². The standard InChI is InChI=1S/C10H22N2S2/c1-2-3-4-5-7-13-8-6-9-14-10(11)12/h2-9H2,1H3,(H3,11,12). The zero-order valence-electron chi connectivity index (χ0n) is 9.05. The first kappa shape index (κ1) is 14.2. The summed E-state index contributed by atoms with van der Waals surface area (Å²) in [5.74, 6) is 3.51. The lowest BCUT2D eigenvalue weighted by Crippen LogP contribution is -2.04. The van der Waals surface area contributed by atoms with Gasteiger partial charge in [0.15, 0.2) is 5.17 Å². The SMILES string of the molecule is CCCCCCSCCCSC(=N)N. The molecule has 0 amide bonds. The smallest absolute Gasteiger partial charge is 0.151 e. The molecule has 0 heterocycles. The van der Waals surface area contributed by atoms with Gasteiger partial charge in [0.05, 0.1) is 0 Å². The van der Waals surface area contributed by atoms with Crippen LogP contribution in [-0.2, 0) is 0 Å². The average Bonchev–Trinajstić information content (AvgIpc) is 2.15. The number of hydrogen-bond donors (Lipinski definition) is 2. The molecule has 4 heteroatoms. The van der Waals surface area contributed by atoms with E-state index in [9.17, 15) is 0 Å². The molecular weight excluding hydrogens is 212 g/mol. The highest BCUT2D eigenvalue weighted by atomic mass is 32.2. The molecule has 0 radical (unpaired) electrons. The largest absolute Gasteiger partial charge is 0.379 e. The van der Waals surface area contributed by atoms with Crippen LogP contribution in [0.4, 0.5) is 0 Å². The number of amidine groups is 1. The van der Waals surface area contributed by atoms with Gasteiger partial charge in [0.25, 0.3) is 0 Å². The van der Waals surface area contributed by atoms with E-state index in [4.69, 9.17) is 11.1 Å². The van der Waals surface area contributed by atoms with Crippen molar-refractivity contribution in [3.8, 4) is 0 Å². The van der Waals surface area contributed by atoms with E-state index < -0.39 is 0 Å². The van der Waals surface area contributed by atoms with Crippen molar-refractivity contribution >= 4 is 28.7 Å². The van der Waals surface area contributed by atoms with Gasteiger partial charge in [-0.3, -0.25) is 5.41 Å². The molecule has 0 saturated carbocycles. The lowest BCUT2D eigenvalue weighted by molar-refractivity contribution is 0.706. The fraction of sp³-hybridized carbons (Fsp3) is 0.900. The van der Waals surface area contributed by atoms with E-state index in [2.05, 4.69) is 6.92 Å². The topological polar surface area (TPSA) is 49.9 Å². The summed E-state index contributed by atoms with van der Waals surface area (Å²) < 4.78 is 0. The summed E-state index contributed by atoms with van der Waals surface area (Å²) in [6.07, 6.45) is 6.60. The lowest BCUT2D eigenvalue weighted by atomic mass is 10.2. The Balaban J connectivity index is 2.88. The first-order valence-electron chi connectivity index (χ1n) is 5.32. The van der Waals surface area contributed by atoms with Gasteiger partial charge in [-0.1, -0.05) is 37.9 Å². The molecule has 0 aliphatic rings. The van der Waals surface area contributed by atoms with Crippen LogP contribution in [0.5, 0.6) is 0 Å². The van der Waals surface area contributed by atoms with Gasteiger partial charge < -0.3 is 5.73 Å². The quantitative estimate of drug-likeness (QED) is 0.365. The van der Waals surface area contributed by atoms with Crippen molar-refractivity contribution in [2.24, 2.45) is 5.73 Å². The molecule has 0 aromatic rings. The molecule has 0 fully saturated rings. The van der Waals surface area contributed by atoms with E-state index in [0.29, 0.717) is 0 Å². The fourth-order valence-electron chi connectivity index (χ4n) is 1.08. The molecule has 3 N–H and O–H groups in total. The molecule has 0 atom stereocenters. The Bertz CT molecular complexity index is 140. The molecular formula is C10H22N2S2. The first-order valence-corrected chi connectivity index (χ1v) is 7.46. The molecule has 84 valence electrons. The molecule has 0 spiro atoms. The number of rotatable bonds is 9. The molecule has 0 aromatic carbocycles. The van der Waals surface area contributed by atoms with Crippen LogP contribution < -0.4 is 5.73 Å². The minimum absolute atomic E-state index is 0.248. The van der Waals surface area contributed by atoms with Crippen LogP contribution in [0.3, 0.4) is 0 Å². The van der Waals surface area contributed by atoms with E-state index in [1.807, 2.05) is 11.8 Å². The van der Waals surface area contributed by atoms with E-state index >= 15 is 0 Å². The second kappa shape index (κ2) is 11.2. The van der Waals surface area contributed by atoms with Crippen molar-refractivity contribution < 1.29 is 0 Å². The molecule has 0 saturated heterocycles. The Morgan fingerprint density at radius 3 is 2.43 bits per heavy atom. The van der Waals surface area contributed by atoms with Gasteiger partial charge >= 0.3 is 0 Å². The van der Waals surface area contributed by atoms with Crippen molar-refractivity contribution in [1.29, 1.82) is 5.41 Å². The Kier molecular flexibility index (Phi) is 11.4. The second-order valence-electron chi connectivity index (χ2n) is 3.24. The molecule has 0 bridgehead atoms. The molecule has 0 rings (SSSR count). The Hall–Kier alpha value is 0.170. The van der Waals surface area contributed by atoms with Crippen LogP contribution in [0.1, 0.15) is 39.0 Å². The summed E-state index contributed by atoms with van der Waals surface area (Å²) in [4.78, 5) is 0. The lowest BCUT2D eigenvalue weighted by Gasteiger charge is -2.01. The number of thioether (sulfide) groups is 2. The summed E-state index contributed by atoms with van der Waals surface area (Å²) in [6, 6.07) is 0. The minimum Gasteiger partial charge on any atom is -0.379 e. The van der Waals surface area contributed by atoms with Crippen molar-refractivity contribution in [2.75, 3.05) is 17.3 Å². The van der Waals surface area contributed by atoms with Gasteiger partial charge in [0.2, 0.25) is 0 Å². The highest BCUT2D eigenvalue weighted by molar-refractivity contribution is 8.13. The number of unbranched alkanes of at least 4 members (excludes halogenated alkanes) is 3. The van der Waals surface area contributed by atoms with Crippen LogP contribution in [0.25, 0.3) is 0 Å². The normalized spacial score (nSPS) is 10.4. The van der Waals surface area contributed by atoms with Crippen LogP contribution in [0.2, 0.25) is 0 Å². The van der Waals surface area contributed by atoms with E-state index in [1.54, 1.807) is 0 Å². The van der Waals surface area contributed by atoms with Crippen LogP contribution >= 0.6 is 23.5 Å². The fourth-order valence-corrected chi connectivity index (χ4v) is 2.73. The summed E-state index contributed by atoms with van der Waals surface area (Å²) in [5.41, 5.74) is 5.23. The molecule has 2 nitrogen and oxygen atoms in total. The van der Waals surface area contributed by atoms with Crippen molar-refractivity contribution in [3.05, 3.63) is 0 Å². The van der Waals surface area contributed by atoms with Crippen LogP contribution in [0, 0.1) is 5.41 Å². The van der Waals surface area contributed by atoms with Crippen LogP contribution in [-0.4, -0.2) is 22.4 Å². The van der Waals surface area contributed by atoms with Gasteiger partial charge in [-0.15, -0.1) is 0 Å². The Labute approximate surface area is 96.3 Å². The monoisotopic (exact) mass is 234 g/mol. The minimum atomic E-state index is 0.248. The van der Waals surface area contributed by atoms with Crippen LogP contribution in [0.15, 0.2) is 0 Å². The zero-order valence-corrected chi connectivity index (χ0v) is 10.7. The summed E-state index contributed by atoms with van der Waals surface area (Å²) in [7, 11) is 0. The van der Waals surface area contributed by atoms with Gasteiger partial charge in [0, 0.05) is 5.75 Å². The van der Waals surface area contributed by atoms with Gasteiger partial charge in [-0.05, 0) is 24.3 Å². The van der Waals surface area contributed by atoms with Gasteiger partial charge in [-0.25, -0.2) is 0 Å². The number of hydrogen-bond acceptors (Lipinski definition) is 3. The third-order valence-electron chi connectivity index (χ3n) is 1.83. The maximum Gasteiger partial charge on any atom is 0.151 e. The van der Waals surface area contributed by atoms with E-state index in [1.165, 1.54) is 55.4 Å². The number of nitrogens with one attached hydrogen (secondary N) is 1. The first-order chi connectivity index (χ1) is 6.77. The molecule has 14 heavy (non-hydrogen) atoms. The highest BCUT2D eigenvalue weighted by Crippen LogP contribution is 2.10. The Morgan fingerprint density at radius 2 is 1.79 bits per heavy atom. The Morgan fingerprint density at radius 1 is 1.07 bits per heavy atom. The average molecular weight is 234 g/mol. The maximum atomic E-state index is 7.02. The molecule has 0 aliphatic carbocycles. The molecule has 0 aromatic heterocycles. The van der Waals surface area contributed by atoms with Crippen molar-refractivity contribution in [3.63, 3.8) is 0 Å². The highest BCUT2D eigenvalue weighted by Gasteiger charge is 1.93. The van der Waals surface area contributed by atoms with Gasteiger partial charge in [-0.2, -0.15) is 11.8 Å². The summed E-state index contributed by atoms with van der Waals surface area (Å²) in [6.45, 7) is 2.24.